The molecule has 0 spiro atoms. The van der Waals surface area contributed by atoms with Gasteiger partial charge in [0.2, 0.25) is 0 Å². The van der Waals surface area contributed by atoms with E-state index in [9.17, 15) is 4.79 Å². The molecule has 0 saturated heterocycles. The zero-order valence-corrected chi connectivity index (χ0v) is 11.4. The van der Waals surface area contributed by atoms with Gasteiger partial charge >= 0.3 is 5.97 Å². The van der Waals surface area contributed by atoms with Gasteiger partial charge in [-0.05, 0) is 36.8 Å². The Labute approximate surface area is 116 Å². The van der Waals surface area contributed by atoms with Crippen LogP contribution in [0.25, 0.3) is 6.08 Å². The molecule has 0 saturated carbocycles. The molecule has 0 bridgehead atoms. The van der Waals surface area contributed by atoms with Gasteiger partial charge in [-0.1, -0.05) is 47.7 Å². The van der Waals surface area contributed by atoms with E-state index >= 15 is 0 Å². The van der Waals surface area contributed by atoms with Gasteiger partial charge in [-0.3, -0.25) is 0 Å². The molecule has 2 aromatic carbocycles. The number of rotatable bonds is 4. The Morgan fingerprint density at radius 2 is 1.79 bits per heavy atom. The van der Waals surface area contributed by atoms with Crippen LogP contribution in [0.2, 0.25) is 0 Å². The van der Waals surface area contributed by atoms with Gasteiger partial charge in [-0.2, -0.15) is 0 Å². The van der Waals surface area contributed by atoms with Crippen molar-refractivity contribution < 1.29 is 9.90 Å². The predicted octanol–water partition coefficient (Wildman–Crippen LogP) is 4.24. The SMILES string of the molecule is Cc1ccc(Sc2ccccc2/C=C/C(=O)O)cc1. The van der Waals surface area contributed by atoms with Crippen molar-refractivity contribution in [2.24, 2.45) is 0 Å². The molecule has 3 heteroatoms. The van der Waals surface area contributed by atoms with Crippen LogP contribution in [0.1, 0.15) is 11.1 Å². The lowest BCUT2D eigenvalue weighted by atomic mass is 10.2. The summed E-state index contributed by atoms with van der Waals surface area (Å²) in [5, 5.41) is 8.69. The Balaban J connectivity index is 2.24. The Morgan fingerprint density at radius 1 is 1.11 bits per heavy atom. The van der Waals surface area contributed by atoms with Crippen molar-refractivity contribution in [1.82, 2.24) is 0 Å². The summed E-state index contributed by atoms with van der Waals surface area (Å²) in [6.45, 7) is 2.05. The third-order valence-corrected chi connectivity index (χ3v) is 3.67. The number of hydrogen-bond acceptors (Lipinski definition) is 2. The fourth-order valence-corrected chi connectivity index (χ4v) is 2.53. The molecule has 0 aromatic heterocycles. The fraction of sp³-hybridized carbons (Fsp3) is 0.0625. The molecule has 0 aliphatic rings. The van der Waals surface area contributed by atoms with Crippen molar-refractivity contribution in [2.75, 3.05) is 0 Å². The molecule has 0 heterocycles. The second kappa shape index (κ2) is 6.25. The summed E-state index contributed by atoms with van der Waals surface area (Å²) >= 11 is 1.63. The van der Waals surface area contributed by atoms with Crippen molar-refractivity contribution in [2.45, 2.75) is 16.7 Å². The highest BCUT2D eigenvalue weighted by atomic mass is 32.2. The molecule has 0 fully saturated rings. The van der Waals surface area contributed by atoms with E-state index in [0.717, 1.165) is 21.4 Å². The molecule has 96 valence electrons. The summed E-state index contributed by atoms with van der Waals surface area (Å²) < 4.78 is 0. The van der Waals surface area contributed by atoms with Crippen LogP contribution in [-0.2, 0) is 4.79 Å². The lowest BCUT2D eigenvalue weighted by molar-refractivity contribution is -0.131. The summed E-state index contributed by atoms with van der Waals surface area (Å²) in [5.41, 5.74) is 2.14. The first-order valence-electron chi connectivity index (χ1n) is 5.90. The molecule has 19 heavy (non-hydrogen) atoms. The van der Waals surface area contributed by atoms with Crippen molar-refractivity contribution in [1.29, 1.82) is 0 Å². The van der Waals surface area contributed by atoms with E-state index < -0.39 is 5.97 Å². The van der Waals surface area contributed by atoms with Gasteiger partial charge in [-0.25, -0.2) is 4.79 Å². The highest BCUT2D eigenvalue weighted by Gasteiger charge is 2.02. The molecular weight excluding hydrogens is 256 g/mol. The van der Waals surface area contributed by atoms with Gasteiger partial charge in [-0.15, -0.1) is 0 Å². The molecule has 2 aromatic rings. The van der Waals surface area contributed by atoms with Crippen molar-refractivity contribution >= 4 is 23.8 Å². The van der Waals surface area contributed by atoms with Crippen LogP contribution in [0.4, 0.5) is 0 Å². The molecule has 2 nitrogen and oxygen atoms in total. The van der Waals surface area contributed by atoms with Crippen molar-refractivity contribution in [3.63, 3.8) is 0 Å². The van der Waals surface area contributed by atoms with Gasteiger partial charge in [0.25, 0.3) is 0 Å². The molecule has 2 rings (SSSR count). The van der Waals surface area contributed by atoms with E-state index in [2.05, 4.69) is 31.2 Å². The van der Waals surface area contributed by atoms with E-state index in [4.69, 9.17) is 5.11 Å². The summed E-state index contributed by atoms with van der Waals surface area (Å²) in [7, 11) is 0. The first-order valence-corrected chi connectivity index (χ1v) is 6.71. The van der Waals surface area contributed by atoms with E-state index in [0.29, 0.717) is 0 Å². The van der Waals surface area contributed by atoms with Crippen LogP contribution in [0.3, 0.4) is 0 Å². The second-order valence-corrected chi connectivity index (χ2v) is 5.24. The van der Waals surface area contributed by atoms with Crippen LogP contribution in [-0.4, -0.2) is 11.1 Å². The lowest BCUT2D eigenvalue weighted by Crippen LogP contribution is -1.86. The smallest absolute Gasteiger partial charge is 0.328 e. The van der Waals surface area contributed by atoms with Crippen molar-refractivity contribution in [3.8, 4) is 0 Å². The second-order valence-electron chi connectivity index (χ2n) is 4.12. The molecule has 0 amide bonds. The Morgan fingerprint density at radius 3 is 2.47 bits per heavy atom. The van der Waals surface area contributed by atoms with E-state index in [-0.39, 0.29) is 0 Å². The standard InChI is InChI=1S/C16H14O2S/c1-12-6-9-14(10-7-12)19-15-5-3-2-4-13(15)8-11-16(17)18/h2-11H,1H3,(H,17,18)/b11-8+. The quantitative estimate of drug-likeness (QED) is 0.844. The maximum atomic E-state index is 10.6. The number of aryl methyl sites for hydroxylation is 1. The van der Waals surface area contributed by atoms with Gasteiger partial charge in [0.05, 0.1) is 0 Å². The highest BCUT2D eigenvalue weighted by Crippen LogP contribution is 2.31. The first kappa shape index (κ1) is 13.4. The zero-order chi connectivity index (χ0) is 13.7. The normalized spacial score (nSPS) is 10.8. The average molecular weight is 270 g/mol. The van der Waals surface area contributed by atoms with E-state index in [1.165, 1.54) is 5.56 Å². The van der Waals surface area contributed by atoms with E-state index in [1.54, 1.807) is 17.8 Å². The molecule has 0 atom stereocenters. The van der Waals surface area contributed by atoms with Crippen LogP contribution >= 0.6 is 11.8 Å². The number of hydrogen-bond donors (Lipinski definition) is 1. The third kappa shape index (κ3) is 4.00. The molecule has 0 aliphatic heterocycles. The van der Waals surface area contributed by atoms with Crippen LogP contribution in [0.15, 0.2) is 64.4 Å². The summed E-state index contributed by atoms with van der Waals surface area (Å²) in [4.78, 5) is 12.8. The minimum Gasteiger partial charge on any atom is -0.478 e. The molecule has 0 unspecified atom stereocenters. The molecular formula is C16H14O2S. The molecule has 0 radical (unpaired) electrons. The lowest BCUT2D eigenvalue weighted by Gasteiger charge is -2.05. The van der Waals surface area contributed by atoms with Gasteiger partial charge in [0, 0.05) is 15.9 Å². The third-order valence-electron chi connectivity index (χ3n) is 2.57. The summed E-state index contributed by atoms with van der Waals surface area (Å²) in [6.07, 6.45) is 2.79. The fourth-order valence-electron chi connectivity index (χ4n) is 1.61. The Hall–Kier alpha value is -2.00. The van der Waals surface area contributed by atoms with Crippen LogP contribution in [0.5, 0.6) is 0 Å². The monoisotopic (exact) mass is 270 g/mol. The van der Waals surface area contributed by atoms with Crippen molar-refractivity contribution in [3.05, 3.63) is 65.7 Å². The van der Waals surface area contributed by atoms with Crippen LogP contribution in [0, 0.1) is 6.92 Å². The van der Waals surface area contributed by atoms with Gasteiger partial charge in [0.15, 0.2) is 0 Å². The number of benzene rings is 2. The van der Waals surface area contributed by atoms with Crippen LogP contribution < -0.4 is 0 Å². The number of carboxylic acids is 1. The molecule has 1 N–H and O–H groups in total. The predicted molar refractivity (Wildman–Crippen MR) is 78.4 cm³/mol. The van der Waals surface area contributed by atoms with E-state index in [1.807, 2.05) is 24.3 Å². The van der Waals surface area contributed by atoms with Gasteiger partial charge < -0.3 is 5.11 Å². The largest absolute Gasteiger partial charge is 0.478 e. The number of carbonyl (C=O) groups is 1. The highest BCUT2D eigenvalue weighted by molar-refractivity contribution is 7.99. The van der Waals surface area contributed by atoms with Gasteiger partial charge in [0.1, 0.15) is 0 Å². The number of carboxylic acid groups (broad SMARTS) is 1. The minimum atomic E-state index is -0.935. The maximum absolute atomic E-state index is 10.6. The Kier molecular flexibility index (Phi) is 4.42. The average Bonchev–Trinajstić information content (AvgIpc) is 2.40. The minimum absolute atomic E-state index is 0.912. The summed E-state index contributed by atoms with van der Waals surface area (Å²) in [6, 6.07) is 16.0. The Bertz CT molecular complexity index is 600. The first-order chi connectivity index (χ1) is 9.15. The molecule has 0 aliphatic carbocycles. The zero-order valence-electron chi connectivity index (χ0n) is 10.5. The number of aliphatic carboxylic acids is 1. The summed E-state index contributed by atoms with van der Waals surface area (Å²) in [5.74, 6) is -0.935. The topological polar surface area (TPSA) is 37.3 Å². The maximum Gasteiger partial charge on any atom is 0.328 e.